The van der Waals surface area contributed by atoms with E-state index in [-0.39, 0.29) is 17.9 Å². The SMILES string of the molecule is COc1ccc(OC)c(NC(=O)C2CC(CC(C)C)NC23C(=O)Nc2ccc(C)cc23)c1. The van der Waals surface area contributed by atoms with Gasteiger partial charge in [0.15, 0.2) is 0 Å². The molecule has 32 heavy (non-hydrogen) atoms. The number of ether oxygens (including phenoxy) is 2. The molecule has 1 saturated heterocycles. The third-order valence-corrected chi connectivity index (χ3v) is 6.42. The number of hydrogen-bond acceptors (Lipinski definition) is 5. The summed E-state index contributed by atoms with van der Waals surface area (Å²) < 4.78 is 10.7. The second kappa shape index (κ2) is 8.47. The van der Waals surface area contributed by atoms with Crippen molar-refractivity contribution >= 4 is 23.2 Å². The molecule has 4 rings (SSSR count). The minimum atomic E-state index is -1.10. The highest BCUT2D eigenvalue weighted by molar-refractivity contribution is 6.10. The number of carbonyl (C=O) groups is 2. The molecule has 0 bridgehead atoms. The lowest BCUT2D eigenvalue weighted by Gasteiger charge is -2.29. The molecule has 0 aromatic heterocycles. The Morgan fingerprint density at radius 1 is 1.19 bits per heavy atom. The second-order valence-electron chi connectivity index (χ2n) is 9.13. The maximum absolute atomic E-state index is 13.7. The van der Waals surface area contributed by atoms with Crippen LogP contribution in [0.1, 0.15) is 37.8 Å². The van der Waals surface area contributed by atoms with Gasteiger partial charge < -0.3 is 20.1 Å². The molecule has 2 aliphatic rings. The zero-order valence-electron chi connectivity index (χ0n) is 19.2. The molecular formula is C25H31N3O4. The maximum Gasteiger partial charge on any atom is 0.250 e. The maximum atomic E-state index is 13.7. The van der Waals surface area contributed by atoms with Crippen LogP contribution in [0, 0.1) is 18.8 Å². The highest BCUT2D eigenvalue weighted by atomic mass is 16.5. The number of anilines is 2. The van der Waals surface area contributed by atoms with E-state index >= 15 is 0 Å². The first-order valence-electron chi connectivity index (χ1n) is 11.0. The number of benzene rings is 2. The zero-order chi connectivity index (χ0) is 23.0. The minimum Gasteiger partial charge on any atom is -0.497 e. The fourth-order valence-corrected chi connectivity index (χ4v) is 5.03. The Morgan fingerprint density at radius 2 is 1.97 bits per heavy atom. The summed E-state index contributed by atoms with van der Waals surface area (Å²) in [4.78, 5) is 27.1. The number of carbonyl (C=O) groups excluding carboxylic acids is 2. The molecule has 0 radical (unpaired) electrons. The van der Waals surface area contributed by atoms with E-state index in [2.05, 4.69) is 29.8 Å². The number of nitrogens with one attached hydrogen (secondary N) is 3. The molecule has 1 spiro atoms. The molecule has 2 heterocycles. The quantitative estimate of drug-likeness (QED) is 0.639. The first-order valence-corrected chi connectivity index (χ1v) is 11.0. The molecular weight excluding hydrogens is 406 g/mol. The van der Waals surface area contributed by atoms with E-state index in [0.29, 0.717) is 29.5 Å². The Labute approximate surface area is 188 Å². The number of aryl methyl sites for hydroxylation is 1. The summed E-state index contributed by atoms with van der Waals surface area (Å²) in [5.41, 5.74) is 2.06. The summed E-state index contributed by atoms with van der Waals surface area (Å²) in [5, 5.41) is 9.57. The number of amides is 2. The summed E-state index contributed by atoms with van der Waals surface area (Å²) in [6, 6.07) is 11.2. The van der Waals surface area contributed by atoms with Gasteiger partial charge in [0.1, 0.15) is 17.0 Å². The molecule has 7 heteroatoms. The molecule has 3 N–H and O–H groups in total. The third-order valence-electron chi connectivity index (χ3n) is 6.42. The smallest absolute Gasteiger partial charge is 0.250 e. The molecule has 0 saturated carbocycles. The zero-order valence-corrected chi connectivity index (χ0v) is 19.2. The molecule has 2 aromatic carbocycles. The molecule has 3 unspecified atom stereocenters. The van der Waals surface area contributed by atoms with Gasteiger partial charge in [-0.05, 0) is 43.9 Å². The Bertz CT molecular complexity index is 1050. The second-order valence-corrected chi connectivity index (χ2v) is 9.13. The average molecular weight is 438 g/mol. The topological polar surface area (TPSA) is 88.7 Å². The van der Waals surface area contributed by atoms with Gasteiger partial charge in [-0.3, -0.25) is 14.9 Å². The van der Waals surface area contributed by atoms with Crippen molar-refractivity contribution in [3.63, 3.8) is 0 Å². The van der Waals surface area contributed by atoms with Crippen molar-refractivity contribution in [3.8, 4) is 11.5 Å². The molecule has 2 aliphatic heterocycles. The minimum absolute atomic E-state index is 0.0511. The van der Waals surface area contributed by atoms with Crippen molar-refractivity contribution in [1.82, 2.24) is 5.32 Å². The lowest BCUT2D eigenvalue weighted by atomic mass is 9.79. The van der Waals surface area contributed by atoms with Crippen molar-refractivity contribution in [2.45, 2.75) is 45.2 Å². The summed E-state index contributed by atoms with van der Waals surface area (Å²) in [6.45, 7) is 6.29. The van der Waals surface area contributed by atoms with Gasteiger partial charge in [0.05, 0.1) is 25.8 Å². The van der Waals surface area contributed by atoms with Crippen molar-refractivity contribution in [2.24, 2.45) is 11.8 Å². The Morgan fingerprint density at radius 3 is 2.66 bits per heavy atom. The number of hydrogen-bond donors (Lipinski definition) is 3. The number of methoxy groups -OCH3 is 2. The van der Waals surface area contributed by atoms with E-state index < -0.39 is 11.5 Å². The number of fused-ring (bicyclic) bond motifs is 2. The van der Waals surface area contributed by atoms with Gasteiger partial charge >= 0.3 is 0 Å². The van der Waals surface area contributed by atoms with E-state index in [9.17, 15) is 9.59 Å². The third kappa shape index (κ3) is 3.71. The normalized spacial score (nSPS) is 23.9. The van der Waals surface area contributed by atoms with E-state index in [1.165, 1.54) is 0 Å². The van der Waals surface area contributed by atoms with Crippen LogP contribution < -0.4 is 25.4 Å². The highest BCUT2D eigenvalue weighted by Crippen LogP contribution is 2.48. The van der Waals surface area contributed by atoms with Crippen LogP contribution in [0.5, 0.6) is 11.5 Å². The average Bonchev–Trinajstić information content (AvgIpc) is 3.26. The standard InChI is InChI=1S/C25H31N3O4/c1-14(2)10-16-12-19(23(29)26-21-13-17(31-4)7-9-22(21)32-5)25(28-16)18-11-15(3)6-8-20(18)27-24(25)30/h6-9,11,13-14,16,19,28H,10,12H2,1-5H3,(H,26,29)(H,27,30). The molecule has 1 fully saturated rings. The van der Waals surface area contributed by atoms with Gasteiger partial charge in [-0.25, -0.2) is 0 Å². The summed E-state index contributed by atoms with van der Waals surface area (Å²) in [6.07, 6.45) is 1.44. The van der Waals surface area contributed by atoms with Crippen LogP contribution in [0.15, 0.2) is 36.4 Å². The predicted octanol–water partition coefficient (Wildman–Crippen LogP) is 3.82. The van der Waals surface area contributed by atoms with E-state index in [1.54, 1.807) is 32.4 Å². The summed E-state index contributed by atoms with van der Waals surface area (Å²) in [7, 11) is 3.13. The van der Waals surface area contributed by atoms with Crippen LogP contribution in [0.3, 0.4) is 0 Å². The largest absolute Gasteiger partial charge is 0.497 e. The predicted molar refractivity (Wildman–Crippen MR) is 124 cm³/mol. The van der Waals surface area contributed by atoms with Crippen LogP contribution >= 0.6 is 0 Å². The molecule has 3 atom stereocenters. The van der Waals surface area contributed by atoms with Crippen molar-refractivity contribution in [3.05, 3.63) is 47.5 Å². The van der Waals surface area contributed by atoms with Gasteiger partial charge in [-0.1, -0.05) is 31.5 Å². The van der Waals surface area contributed by atoms with Gasteiger partial charge in [-0.2, -0.15) is 0 Å². The highest BCUT2D eigenvalue weighted by Gasteiger charge is 2.60. The fraction of sp³-hybridized carbons (Fsp3) is 0.440. The van der Waals surface area contributed by atoms with E-state index in [4.69, 9.17) is 9.47 Å². The molecule has 0 aliphatic carbocycles. The monoisotopic (exact) mass is 437 g/mol. The first kappa shape index (κ1) is 22.1. The van der Waals surface area contributed by atoms with Gasteiger partial charge in [0, 0.05) is 23.4 Å². The fourth-order valence-electron chi connectivity index (χ4n) is 5.03. The van der Waals surface area contributed by atoms with Crippen molar-refractivity contribution < 1.29 is 19.1 Å². The van der Waals surface area contributed by atoms with E-state index in [0.717, 1.165) is 23.2 Å². The lowest BCUT2D eigenvalue weighted by molar-refractivity contribution is -0.130. The van der Waals surface area contributed by atoms with E-state index in [1.807, 2.05) is 25.1 Å². The van der Waals surface area contributed by atoms with Crippen LogP contribution in [-0.4, -0.2) is 32.1 Å². The van der Waals surface area contributed by atoms with Crippen LogP contribution in [0.4, 0.5) is 11.4 Å². The van der Waals surface area contributed by atoms with Gasteiger partial charge in [-0.15, -0.1) is 0 Å². The number of rotatable bonds is 6. The van der Waals surface area contributed by atoms with Gasteiger partial charge in [0.25, 0.3) is 0 Å². The molecule has 2 aromatic rings. The Kier molecular flexibility index (Phi) is 5.86. The molecule has 2 amide bonds. The molecule has 170 valence electrons. The van der Waals surface area contributed by atoms with Crippen molar-refractivity contribution in [2.75, 3.05) is 24.9 Å². The van der Waals surface area contributed by atoms with Crippen LogP contribution in [0.25, 0.3) is 0 Å². The Balaban J connectivity index is 1.74. The van der Waals surface area contributed by atoms with Crippen LogP contribution in [0.2, 0.25) is 0 Å². The summed E-state index contributed by atoms with van der Waals surface area (Å²) in [5.74, 6) is 0.598. The van der Waals surface area contributed by atoms with Crippen LogP contribution in [-0.2, 0) is 15.1 Å². The van der Waals surface area contributed by atoms with Crippen molar-refractivity contribution in [1.29, 1.82) is 0 Å². The Hall–Kier alpha value is -3.06. The summed E-state index contributed by atoms with van der Waals surface area (Å²) >= 11 is 0. The molecule has 7 nitrogen and oxygen atoms in total. The van der Waals surface area contributed by atoms with Gasteiger partial charge in [0.2, 0.25) is 11.8 Å². The first-order chi connectivity index (χ1) is 15.3. The lowest BCUT2D eigenvalue weighted by Crippen LogP contribution is -2.52.